The van der Waals surface area contributed by atoms with E-state index in [2.05, 4.69) is 27.8 Å². The van der Waals surface area contributed by atoms with Crippen LogP contribution in [-0.4, -0.2) is 28.4 Å². The lowest BCUT2D eigenvalue weighted by molar-refractivity contribution is -0.123. The van der Waals surface area contributed by atoms with Gasteiger partial charge in [0.1, 0.15) is 5.25 Å². The fraction of sp³-hybridized carbons (Fsp3) is 0.200. The number of hydrogen-bond donors (Lipinski definition) is 2. The number of carbonyl (C=O) groups is 2. The number of anilines is 1. The van der Waals surface area contributed by atoms with Gasteiger partial charge in [-0.1, -0.05) is 54.6 Å². The van der Waals surface area contributed by atoms with Crippen LogP contribution >= 0.6 is 23.4 Å². The first-order valence-corrected chi connectivity index (χ1v) is 10.0. The first kappa shape index (κ1) is 20.1. The number of nitrogens with one attached hydrogen (secondary N) is 2. The van der Waals surface area contributed by atoms with Gasteiger partial charge in [0, 0.05) is 17.1 Å². The van der Waals surface area contributed by atoms with Crippen LogP contribution in [0, 0.1) is 0 Å². The molecule has 2 aromatic carbocycles. The molecule has 0 unspecified atom stereocenters. The van der Waals surface area contributed by atoms with Gasteiger partial charge in [-0.25, -0.2) is 0 Å². The zero-order valence-electron chi connectivity index (χ0n) is 15.2. The first-order chi connectivity index (χ1) is 13.5. The number of benzene rings is 2. The lowest BCUT2D eigenvalue weighted by Gasteiger charge is -2.21. The molecule has 1 fully saturated rings. The van der Waals surface area contributed by atoms with Crippen LogP contribution in [0.3, 0.4) is 0 Å². The molecule has 0 bridgehead atoms. The van der Waals surface area contributed by atoms with Crippen molar-refractivity contribution < 1.29 is 9.59 Å². The predicted molar refractivity (Wildman–Crippen MR) is 115 cm³/mol. The second-order valence-corrected chi connectivity index (χ2v) is 7.73. The summed E-state index contributed by atoms with van der Waals surface area (Å²) in [5.41, 5.74) is 2.72. The molecule has 144 valence electrons. The quantitative estimate of drug-likeness (QED) is 0.575. The minimum Gasteiger partial charge on any atom is -0.325 e. The summed E-state index contributed by atoms with van der Waals surface area (Å²) in [6, 6.07) is 14.8. The number of nitrogens with zero attached hydrogens (tertiary/aromatic N) is 2. The molecule has 6 nitrogen and oxygen atoms in total. The van der Waals surface area contributed by atoms with Crippen LogP contribution in [0.5, 0.6) is 0 Å². The largest absolute Gasteiger partial charge is 0.325 e. The van der Waals surface area contributed by atoms with Gasteiger partial charge in [-0.2, -0.15) is 5.10 Å². The van der Waals surface area contributed by atoms with Gasteiger partial charge in [-0.3, -0.25) is 9.59 Å². The van der Waals surface area contributed by atoms with Crippen LogP contribution in [0.4, 0.5) is 5.69 Å². The summed E-state index contributed by atoms with van der Waals surface area (Å²) >= 11 is 7.02. The average Bonchev–Trinajstić information content (AvgIpc) is 2.69. The van der Waals surface area contributed by atoms with Crippen LogP contribution in [0.15, 0.2) is 58.7 Å². The van der Waals surface area contributed by atoms with Gasteiger partial charge < -0.3 is 10.6 Å². The smallest absolute Gasteiger partial charge is 0.238 e. The summed E-state index contributed by atoms with van der Waals surface area (Å²) < 4.78 is 0. The highest BCUT2D eigenvalue weighted by molar-refractivity contribution is 8.15. The van der Waals surface area contributed by atoms with E-state index in [1.54, 1.807) is 30.5 Å². The van der Waals surface area contributed by atoms with Crippen LogP contribution in [0.1, 0.15) is 24.5 Å². The van der Waals surface area contributed by atoms with Crippen molar-refractivity contribution in [1.29, 1.82) is 0 Å². The molecule has 0 aliphatic carbocycles. The maximum absolute atomic E-state index is 12.5. The molecule has 0 saturated carbocycles. The van der Waals surface area contributed by atoms with Crippen LogP contribution in [-0.2, 0) is 16.0 Å². The van der Waals surface area contributed by atoms with E-state index in [4.69, 9.17) is 11.6 Å². The number of aryl methyl sites for hydroxylation is 1. The third-order valence-corrected chi connectivity index (χ3v) is 5.34. The molecule has 28 heavy (non-hydrogen) atoms. The molecule has 1 aliphatic rings. The van der Waals surface area contributed by atoms with E-state index in [9.17, 15) is 9.59 Å². The van der Waals surface area contributed by atoms with Gasteiger partial charge >= 0.3 is 0 Å². The average molecular weight is 415 g/mol. The molecule has 1 heterocycles. The van der Waals surface area contributed by atoms with Gasteiger partial charge in [0.2, 0.25) is 11.8 Å². The fourth-order valence-electron chi connectivity index (χ4n) is 2.48. The molecule has 2 N–H and O–H groups in total. The second-order valence-electron chi connectivity index (χ2n) is 6.10. The summed E-state index contributed by atoms with van der Waals surface area (Å²) in [5, 5.41) is 13.8. The number of rotatable bonds is 5. The molecule has 2 amide bonds. The maximum atomic E-state index is 12.5. The molecule has 0 aromatic heterocycles. The third-order valence-electron chi connectivity index (χ3n) is 4.02. The van der Waals surface area contributed by atoms with Crippen molar-refractivity contribution in [3.05, 3.63) is 64.7 Å². The van der Waals surface area contributed by atoms with E-state index in [-0.39, 0.29) is 18.2 Å². The summed E-state index contributed by atoms with van der Waals surface area (Å²) in [5.74, 6) is -0.501. The van der Waals surface area contributed by atoms with E-state index >= 15 is 0 Å². The van der Waals surface area contributed by atoms with Crippen molar-refractivity contribution in [2.75, 3.05) is 5.32 Å². The molecule has 0 radical (unpaired) electrons. The number of amides is 2. The summed E-state index contributed by atoms with van der Waals surface area (Å²) in [6.07, 6.45) is 2.57. The zero-order valence-corrected chi connectivity index (χ0v) is 16.8. The van der Waals surface area contributed by atoms with Crippen molar-refractivity contribution in [3.8, 4) is 0 Å². The minimum absolute atomic E-state index is 0.0868. The Hall–Kier alpha value is -2.64. The number of amidine groups is 1. The Morgan fingerprint density at radius 2 is 1.96 bits per heavy atom. The lowest BCUT2D eigenvalue weighted by Crippen LogP contribution is -2.41. The van der Waals surface area contributed by atoms with E-state index in [1.165, 1.54) is 17.3 Å². The highest BCUT2D eigenvalue weighted by atomic mass is 35.5. The summed E-state index contributed by atoms with van der Waals surface area (Å²) in [4.78, 5) is 24.5. The van der Waals surface area contributed by atoms with E-state index in [1.807, 2.05) is 24.3 Å². The summed E-state index contributed by atoms with van der Waals surface area (Å²) in [6.45, 7) is 2.07. The van der Waals surface area contributed by atoms with Gasteiger partial charge in [0.25, 0.3) is 0 Å². The van der Waals surface area contributed by atoms with Crippen LogP contribution in [0.2, 0.25) is 5.02 Å². The Bertz CT molecular complexity index is 911. The van der Waals surface area contributed by atoms with Crippen LogP contribution in [0.25, 0.3) is 0 Å². The Labute approximate surface area is 172 Å². The Kier molecular flexibility index (Phi) is 6.84. The van der Waals surface area contributed by atoms with Crippen molar-refractivity contribution in [2.24, 2.45) is 10.2 Å². The highest BCUT2D eigenvalue weighted by Gasteiger charge is 2.30. The Balaban J connectivity index is 1.63. The molecule has 1 atom stereocenters. The van der Waals surface area contributed by atoms with E-state index in [0.717, 1.165) is 12.0 Å². The third kappa shape index (κ3) is 5.68. The fourth-order valence-corrected chi connectivity index (χ4v) is 3.55. The van der Waals surface area contributed by atoms with E-state index < -0.39 is 5.25 Å². The standard InChI is InChI=1S/C20H19ClN4O2S/c1-2-13-5-9-16(10-6-13)23-19(27)17-11-18(26)24-20(28-17)25-22-12-14-3-7-15(21)8-4-14/h3-10,12,17H,2,11H2,1H3,(H,23,27)(H,24,25,26)/b22-12-/t17-/m1/s1. The van der Waals surface area contributed by atoms with Crippen molar-refractivity contribution in [2.45, 2.75) is 25.0 Å². The number of hydrogen-bond acceptors (Lipinski definition) is 5. The molecule has 3 rings (SSSR count). The van der Waals surface area contributed by atoms with Gasteiger partial charge in [-0.15, -0.1) is 5.10 Å². The monoisotopic (exact) mass is 414 g/mol. The Morgan fingerprint density at radius 1 is 1.25 bits per heavy atom. The van der Waals surface area contributed by atoms with Gasteiger partial charge in [0.05, 0.1) is 6.21 Å². The molecular formula is C20H19ClN4O2S. The van der Waals surface area contributed by atoms with Gasteiger partial charge in [0.15, 0.2) is 5.17 Å². The molecular weight excluding hydrogens is 396 g/mol. The molecule has 8 heteroatoms. The highest BCUT2D eigenvalue weighted by Crippen LogP contribution is 2.22. The summed E-state index contributed by atoms with van der Waals surface area (Å²) in [7, 11) is 0. The van der Waals surface area contributed by atoms with Crippen LogP contribution < -0.4 is 10.6 Å². The second kappa shape index (κ2) is 9.52. The SMILES string of the molecule is CCc1ccc(NC(=O)[C@H]2CC(=O)NC(=N/N=C\c3ccc(Cl)cc3)S2)cc1. The number of halogens is 1. The number of thioether (sulfide) groups is 1. The predicted octanol–water partition coefficient (Wildman–Crippen LogP) is 3.85. The zero-order chi connectivity index (χ0) is 19.9. The van der Waals surface area contributed by atoms with Crippen molar-refractivity contribution in [3.63, 3.8) is 0 Å². The first-order valence-electron chi connectivity index (χ1n) is 8.76. The topological polar surface area (TPSA) is 82.9 Å². The maximum Gasteiger partial charge on any atom is 0.238 e. The van der Waals surface area contributed by atoms with Crippen molar-refractivity contribution in [1.82, 2.24) is 5.32 Å². The van der Waals surface area contributed by atoms with E-state index in [0.29, 0.717) is 15.9 Å². The molecule has 1 saturated heterocycles. The lowest BCUT2D eigenvalue weighted by atomic mass is 10.1. The normalized spacial score (nSPS) is 18.3. The van der Waals surface area contributed by atoms with Crippen molar-refractivity contribution >= 4 is 52.2 Å². The number of carbonyl (C=O) groups excluding carboxylic acids is 2. The van der Waals surface area contributed by atoms with Gasteiger partial charge in [-0.05, 0) is 41.8 Å². The molecule has 2 aromatic rings. The minimum atomic E-state index is -0.566. The molecule has 1 aliphatic heterocycles. The molecule has 0 spiro atoms. The Morgan fingerprint density at radius 3 is 2.64 bits per heavy atom.